The van der Waals surface area contributed by atoms with Crippen LogP contribution >= 0.6 is 0 Å². The van der Waals surface area contributed by atoms with Crippen molar-refractivity contribution in [3.8, 4) is 0 Å². The van der Waals surface area contributed by atoms with Crippen molar-refractivity contribution in [3.05, 3.63) is 40.4 Å². The molecule has 0 atom stereocenters. The fourth-order valence-corrected chi connectivity index (χ4v) is 0.497. The van der Waals surface area contributed by atoms with Gasteiger partial charge < -0.3 is 0 Å². The molecule has 53 valence electrons. The molecule has 0 bridgehead atoms. The molecule has 0 saturated carbocycles. The van der Waals surface area contributed by atoms with Crippen LogP contribution < -0.4 is 0 Å². The summed E-state index contributed by atoms with van der Waals surface area (Å²) in [4.78, 5) is 9.50. The van der Waals surface area contributed by atoms with E-state index in [1.807, 2.05) is 0 Å². The summed E-state index contributed by atoms with van der Waals surface area (Å²) >= 11 is 0. The van der Waals surface area contributed by atoms with Gasteiger partial charge in [-0.15, -0.1) is 6.07 Å². The summed E-state index contributed by atoms with van der Waals surface area (Å²) in [5, 5.41) is 9.98. The van der Waals surface area contributed by atoms with E-state index >= 15 is 0 Å². The van der Waals surface area contributed by atoms with Gasteiger partial charge in [-0.2, -0.15) is 18.2 Å². The van der Waals surface area contributed by atoms with Gasteiger partial charge in [-0.05, 0) is 0 Å². The second-order valence-electron chi connectivity index (χ2n) is 1.50. The minimum absolute atomic E-state index is 0. The first-order valence-corrected chi connectivity index (χ1v) is 2.42. The number of nitrogens with zero attached hydrogens (tertiary/aromatic N) is 1. The average molecular weight is 312 g/mol. The summed E-state index contributed by atoms with van der Waals surface area (Å²) < 4.78 is 0. The van der Waals surface area contributed by atoms with Crippen LogP contribution in [0.4, 0.5) is 5.69 Å². The second kappa shape index (κ2) is 4.13. The Morgan fingerprint density at radius 1 is 1.50 bits per heavy atom. The van der Waals surface area contributed by atoms with Crippen LogP contribution in [0.2, 0.25) is 0 Å². The Hall–Kier alpha value is -0.744. The molecule has 10 heavy (non-hydrogen) atoms. The molecule has 0 aliphatic rings. The minimum Gasteiger partial charge on any atom is -0.260 e. The van der Waals surface area contributed by atoms with Gasteiger partial charge in [0.15, 0.2) is 5.69 Å². The van der Waals surface area contributed by atoms with E-state index < -0.39 is 4.92 Å². The molecule has 0 spiro atoms. The number of benzene rings is 1. The molecule has 0 aromatic heterocycles. The Balaban J connectivity index is 0.000000810. The summed E-state index contributed by atoms with van der Waals surface area (Å²) in [6.07, 6.45) is 0. The van der Waals surface area contributed by atoms with Crippen LogP contribution in [-0.2, 0) is 19.8 Å². The van der Waals surface area contributed by atoms with Crippen molar-refractivity contribution in [2.24, 2.45) is 0 Å². The molecule has 0 saturated heterocycles. The molecular formula is C6H4NO2Os. The SMILES string of the molecule is O=[N+]([O-])c1[c-]cccc1.[Os+]. The monoisotopic (exact) mass is 314 g/mol. The van der Waals surface area contributed by atoms with Gasteiger partial charge in [0.05, 0.1) is 0 Å². The molecule has 0 N–H and O–H groups in total. The fourth-order valence-electron chi connectivity index (χ4n) is 0.497. The van der Waals surface area contributed by atoms with E-state index in [0.717, 1.165) is 0 Å². The third kappa shape index (κ3) is 2.24. The zero-order chi connectivity index (χ0) is 6.69. The van der Waals surface area contributed by atoms with Crippen LogP contribution in [0, 0.1) is 16.2 Å². The van der Waals surface area contributed by atoms with E-state index in [-0.39, 0.29) is 25.5 Å². The molecule has 0 aliphatic carbocycles. The van der Waals surface area contributed by atoms with Crippen LogP contribution in [0.5, 0.6) is 0 Å². The Kier molecular flexibility index (Phi) is 3.83. The van der Waals surface area contributed by atoms with Crippen molar-refractivity contribution < 1.29 is 24.7 Å². The first-order chi connectivity index (χ1) is 4.30. The molecule has 0 aliphatic heterocycles. The van der Waals surface area contributed by atoms with Crippen LogP contribution in [0.1, 0.15) is 0 Å². The maximum absolute atomic E-state index is 9.98. The predicted molar refractivity (Wildman–Crippen MR) is 31.9 cm³/mol. The van der Waals surface area contributed by atoms with Crippen molar-refractivity contribution in [2.75, 3.05) is 0 Å². The zero-order valence-electron chi connectivity index (χ0n) is 4.93. The minimum atomic E-state index is -0.472. The van der Waals surface area contributed by atoms with E-state index in [1.165, 1.54) is 12.1 Å². The van der Waals surface area contributed by atoms with Gasteiger partial charge in [0.2, 0.25) is 0 Å². The van der Waals surface area contributed by atoms with Crippen LogP contribution in [-0.4, -0.2) is 4.92 Å². The summed E-state index contributed by atoms with van der Waals surface area (Å²) in [7, 11) is 0. The van der Waals surface area contributed by atoms with Crippen molar-refractivity contribution in [2.45, 2.75) is 0 Å². The van der Waals surface area contributed by atoms with E-state index in [1.54, 1.807) is 12.1 Å². The Morgan fingerprint density at radius 2 is 2.20 bits per heavy atom. The summed E-state index contributed by atoms with van der Waals surface area (Å²) in [6, 6.07) is 8.68. The standard InChI is InChI=1S/C6H4NO2.Os/c8-7(9)6-4-2-1-3-5-6;/h1-4H;/q-1;+1. The molecule has 0 fully saturated rings. The topological polar surface area (TPSA) is 43.1 Å². The number of hydrogen-bond acceptors (Lipinski definition) is 2. The van der Waals surface area contributed by atoms with Gasteiger partial charge in [-0.25, -0.2) is 0 Å². The van der Waals surface area contributed by atoms with Gasteiger partial charge in [0.25, 0.3) is 0 Å². The largest absolute Gasteiger partial charge is 1.00 e. The molecule has 0 heterocycles. The number of nitro groups is 1. The number of nitro benzene ring substituents is 1. The fraction of sp³-hybridized carbons (Fsp3) is 0. The Labute approximate surface area is 71.3 Å². The summed E-state index contributed by atoms with van der Waals surface area (Å²) in [5.74, 6) is 0. The normalized spacial score (nSPS) is 8.00. The molecule has 0 unspecified atom stereocenters. The van der Waals surface area contributed by atoms with Crippen molar-refractivity contribution in [1.29, 1.82) is 0 Å². The quantitative estimate of drug-likeness (QED) is 0.447. The molecule has 1 aromatic rings. The Morgan fingerprint density at radius 3 is 2.50 bits per heavy atom. The number of rotatable bonds is 1. The Bertz CT molecular complexity index is 212. The summed E-state index contributed by atoms with van der Waals surface area (Å²) in [6.45, 7) is 0. The zero-order valence-corrected chi connectivity index (χ0v) is 7.47. The van der Waals surface area contributed by atoms with Crippen LogP contribution in [0.15, 0.2) is 24.3 Å². The molecular weight excluding hydrogens is 308 g/mol. The maximum atomic E-state index is 9.98. The molecule has 1 rings (SSSR count). The van der Waals surface area contributed by atoms with Gasteiger partial charge in [0.1, 0.15) is 0 Å². The van der Waals surface area contributed by atoms with Gasteiger partial charge >= 0.3 is 19.8 Å². The van der Waals surface area contributed by atoms with Crippen molar-refractivity contribution >= 4 is 5.69 Å². The molecule has 0 amide bonds. The third-order valence-electron chi connectivity index (χ3n) is 0.889. The van der Waals surface area contributed by atoms with Gasteiger partial charge in [-0.3, -0.25) is 10.1 Å². The predicted octanol–water partition coefficient (Wildman–Crippen LogP) is 1.39. The summed E-state index contributed by atoms with van der Waals surface area (Å²) in [5.41, 5.74) is 0.0116. The molecule has 4 heteroatoms. The van der Waals surface area contributed by atoms with Gasteiger partial charge in [-0.1, -0.05) is 6.07 Å². The first-order valence-electron chi connectivity index (χ1n) is 2.42. The van der Waals surface area contributed by atoms with E-state index in [0.29, 0.717) is 0 Å². The van der Waals surface area contributed by atoms with Crippen molar-refractivity contribution in [3.63, 3.8) is 0 Å². The molecule has 1 aromatic carbocycles. The molecule has 3 nitrogen and oxygen atoms in total. The van der Waals surface area contributed by atoms with E-state index in [4.69, 9.17) is 0 Å². The smallest absolute Gasteiger partial charge is 0.260 e. The number of non-ortho nitro benzene ring substituents is 1. The third-order valence-corrected chi connectivity index (χ3v) is 0.889. The van der Waals surface area contributed by atoms with E-state index in [9.17, 15) is 10.1 Å². The van der Waals surface area contributed by atoms with Crippen LogP contribution in [0.3, 0.4) is 0 Å². The van der Waals surface area contributed by atoms with Crippen LogP contribution in [0.25, 0.3) is 0 Å². The molecule has 1 radical (unpaired) electrons. The van der Waals surface area contributed by atoms with Gasteiger partial charge in [0, 0.05) is 4.92 Å². The van der Waals surface area contributed by atoms with Crippen molar-refractivity contribution in [1.82, 2.24) is 0 Å². The van der Waals surface area contributed by atoms with E-state index in [2.05, 4.69) is 6.07 Å². The maximum Gasteiger partial charge on any atom is 1.00 e. The second-order valence-corrected chi connectivity index (χ2v) is 1.50. The first kappa shape index (κ1) is 9.26. The number of hydrogen-bond donors (Lipinski definition) is 0. The average Bonchev–Trinajstić information content (AvgIpc) is 1.90. The number of para-hydroxylation sites is 1.